The van der Waals surface area contributed by atoms with Crippen LogP contribution in [0.25, 0.3) is 21.8 Å². The fraction of sp³-hybridized carbons (Fsp3) is 0.250. The van der Waals surface area contributed by atoms with Crippen LogP contribution in [0.4, 0.5) is 10.5 Å². The Balaban J connectivity index is 1.58. The highest BCUT2D eigenvalue weighted by molar-refractivity contribution is 5.67. The molecule has 10 heteroatoms. The minimum Gasteiger partial charge on any atom is -0.444 e. The average molecular weight is 513 g/mol. The standard InChI is InChI=1S/C28H28N6O4/c1-18-32-22(19-9-7-6-8-10-19)14-26(33-18)37-25-13-21(29-5)11-12-23(25)34-17-20(15-31-34)24(35)16-30-27(36)38-28(2,3)4/h6-15,17,24,35H,16H2,1-4H3,(H,30,36)/t24-/m0/s1. The molecule has 0 aliphatic carbocycles. The molecular formula is C28H28N6O4. The highest BCUT2D eigenvalue weighted by Crippen LogP contribution is 2.33. The molecule has 10 nitrogen and oxygen atoms in total. The quantitative estimate of drug-likeness (QED) is 0.312. The van der Waals surface area contributed by atoms with Gasteiger partial charge in [0.15, 0.2) is 5.69 Å². The normalized spacial score (nSPS) is 11.9. The number of amides is 1. The number of hydrogen-bond acceptors (Lipinski definition) is 7. The monoisotopic (exact) mass is 512 g/mol. The molecule has 1 amide bonds. The molecule has 0 bridgehead atoms. The van der Waals surface area contributed by atoms with E-state index in [4.69, 9.17) is 16.0 Å². The minimum absolute atomic E-state index is 0.0525. The van der Waals surface area contributed by atoms with Crippen molar-refractivity contribution in [3.05, 3.63) is 89.8 Å². The Morgan fingerprint density at radius 3 is 2.63 bits per heavy atom. The highest BCUT2D eigenvalue weighted by atomic mass is 16.6. The molecule has 2 aromatic carbocycles. The van der Waals surface area contributed by atoms with E-state index in [-0.39, 0.29) is 6.54 Å². The lowest BCUT2D eigenvalue weighted by atomic mass is 10.1. The molecule has 194 valence electrons. The SMILES string of the molecule is [C-]#[N+]c1ccc(-n2cc([C@@H](O)CNC(=O)OC(C)(C)C)cn2)c(Oc2cc(-c3ccccc3)nc(C)n2)c1. The molecule has 2 aromatic heterocycles. The molecule has 0 saturated heterocycles. The van der Waals surface area contributed by atoms with E-state index in [0.29, 0.717) is 40.1 Å². The van der Waals surface area contributed by atoms with Gasteiger partial charge in [-0.1, -0.05) is 36.4 Å². The highest BCUT2D eigenvalue weighted by Gasteiger charge is 2.19. The summed E-state index contributed by atoms with van der Waals surface area (Å²) in [5.41, 5.74) is 2.38. The zero-order valence-corrected chi connectivity index (χ0v) is 21.5. The van der Waals surface area contributed by atoms with Crippen molar-refractivity contribution in [2.45, 2.75) is 39.4 Å². The first-order valence-electron chi connectivity index (χ1n) is 11.9. The summed E-state index contributed by atoms with van der Waals surface area (Å²) in [6.07, 6.45) is 1.49. The molecule has 1 atom stereocenters. The van der Waals surface area contributed by atoms with Gasteiger partial charge in [0.05, 0.1) is 31.1 Å². The maximum absolute atomic E-state index is 11.9. The molecule has 2 N–H and O–H groups in total. The largest absolute Gasteiger partial charge is 0.444 e. The number of aliphatic hydroxyl groups is 1. The molecule has 0 aliphatic heterocycles. The van der Waals surface area contributed by atoms with Crippen molar-refractivity contribution in [3.63, 3.8) is 0 Å². The predicted octanol–water partition coefficient (Wildman–Crippen LogP) is 5.54. The van der Waals surface area contributed by atoms with Crippen LogP contribution >= 0.6 is 0 Å². The summed E-state index contributed by atoms with van der Waals surface area (Å²) in [5, 5.41) is 17.5. The van der Waals surface area contributed by atoms with Gasteiger partial charge in [-0.2, -0.15) is 10.1 Å². The van der Waals surface area contributed by atoms with Crippen molar-refractivity contribution in [3.8, 4) is 28.6 Å². The molecule has 4 aromatic rings. The first-order chi connectivity index (χ1) is 18.1. The van der Waals surface area contributed by atoms with E-state index in [2.05, 4.69) is 25.2 Å². The van der Waals surface area contributed by atoms with Gasteiger partial charge in [-0.15, -0.1) is 0 Å². The van der Waals surface area contributed by atoms with E-state index in [0.717, 1.165) is 5.56 Å². The van der Waals surface area contributed by atoms with Gasteiger partial charge in [0, 0.05) is 23.4 Å². The lowest BCUT2D eigenvalue weighted by Crippen LogP contribution is -2.34. The molecule has 38 heavy (non-hydrogen) atoms. The number of nitrogens with one attached hydrogen (secondary N) is 1. The van der Waals surface area contributed by atoms with Crippen LogP contribution in [0.1, 0.15) is 38.3 Å². The van der Waals surface area contributed by atoms with E-state index >= 15 is 0 Å². The van der Waals surface area contributed by atoms with Crippen molar-refractivity contribution >= 4 is 11.8 Å². The first kappa shape index (κ1) is 26.3. The zero-order valence-electron chi connectivity index (χ0n) is 21.5. The van der Waals surface area contributed by atoms with Crippen molar-refractivity contribution in [1.29, 1.82) is 0 Å². The first-order valence-corrected chi connectivity index (χ1v) is 11.9. The summed E-state index contributed by atoms with van der Waals surface area (Å²) in [4.78, 5) is 24.3. The van der Waals surface area contributed by atoms with Gasteiger partial charge < -0.3 is 19.9 Å². The number of alkyl carbamates (subject to hydrolysis) is 1. The average Bonchev–Trinajstić information content (AvgIpc) is 3.36. The summed E-state index contributed by atoms with van der Waals surface area (Å²) in [5.74, 6) is 1.20. The summed E-state index contributed by atoms with van der Waals surface area (Å²) >= 11 is 0. The van der Waals surface area contributed by atoms with Crippen LogP contribution < -0.4 is 10.1 Å². The van der Waals surface area contributed by atoms with Crippen LogP contribution in [0, 0.1) is 13.5 Å². The summed E-state index contributed by atoms with van der Waals surface area (Å²) in [6, 6.07) is 16.4. The summed E-state index contributed by atoms with van der Waals surface area (Å²) in [7, 11) is 0. The van der Waals surface area contributed by atoms with Gasteiger partial charge in [0.25, 0.3) is 0 Å². The molecular weight excluding hydrogens is 484 g/mol. The van der Waals surface area contributed by atoms with Gasteiger partial charge >= 0.3 is 6.09 Å². The Bertz CT molecular complexity index is 1470. The van der Waals surface area contributed by atoms with Crippen LogP contribution in [-0.4, -0.2) is 43.1 Å². The molecule has 2 heterocycles. The van der Waals surface area contributed by atoms with E-state index in [9.17, 15) is 9.90 Å². The number of aliphatic hydroxyl groups excluding tert-OH is 1. The van der Waals surface area contributed by atoms with E-state index < -0.39 is 17.8 Å². The van der Waals surface area contributed by atoms with Crippen LogP contribution in [-0.2, 0) is 4.74 Å². The Kier molecular flexibility index (Phi) is 7.69. The number of benzene rings is 2. The number of rotatable bonds is 7. The lowest BCUT2D eigenvalue weighted by Gasteiger charge is -2.20. The number of nitrogens with zero attached hydrogens (tertiary/aromatic N) is 5. The third-order valence-electron chi connectivity index (χ3n) is 5.24. The molecule has 4 rings (SSSR count). The number of ether oxygens (including phenoxy) is 2. The Hall–Kier alpha value is -4.75. The third-order valence-corrected chi connectivity index (χ3v) is 5.24. The van der Waals surface area contributed by atoms with Crippen LogP contribution in [0.2, 0.25) is 0 Å². The second kappa shape index (κ2) is 11.1. The maximum atomic E-state index is 11.9. The Morgan fingerprint density at radius 1 is 1.16 bits per heavy atom. The molecule has 0 radical (unpaired) electrons. The minimum atomic E-state index is -1.01. The Morgan fingerprint density at radius 2 is 1.92 bits per heavy atom. The summed E-state index contributed by atoms with van der Waals surface area (Å²) in [6.45, 7) is 14.4. The molecule has 0 aliphatic rings. The van der Waals surface area contributed by atoms with Crippen molar-refractivity contribution in [2.24, 2.45) is 0 Å². The number of carbonyl (C=O) groups is 1. The van der Waals surface area contributed by atoms with Gasteiger partial charge in [-0.25, -0.2) is 19.3 Å². The Labute approximate surface area is 220 Å². The topological polar surface area (TPSA) is 116 Å². The fourth-order valence-corrected chi connectivity index (χ4v) is 3.56. The zero-order chi connectivity index (χ0) is 27.3. The number of carbonyl (C=O) groups excluding carboxylic acids is 1. The van der Waals surface area contributed by atoms with Gasteiger partial charge in [0.2, 0.25) is 5.88 Å². The third kappa shape index (κ3) is 6.72. The molecule has 0 spiro atoms. The van der Waals surface area contributed by atoms with Crippen molar-refractivity contribution in [2.75, 3.05) is 6.54 Å². The number of hydrogen-bond donors (Lipinski definition) is 2. The number of aromatic nitrogens is 4. The predicted molar refractivity (Wildman–Crippen MR) is 141 cm³/mol. The second-order valence-electron chi connectivity index (χ2n) is 9.49. The lowest BCUT2D eigenvalue weighted by molar-refractivity contribution is 0.0491. The smallest absolute Gasteiger partial charge is 0.407 e. The van der Waals surface area contributed by atoms with Crippen LogP contribution in [0.5, 0.6) is 11.6 Å². The fourth-order valence-electron chi connectivity index (χ4n) is 3.56. The molecule has 0 saturated carbocycles. The molecule has 0 fully saturated rings. The van der Waals surface area contributed by atoms with Gasteiger partial charge in [-0.05, 0) is 39.8 Å². The van der Waals surface area contributed by atoms with Crippen LogP contribution in [0.3, 0.4) is 0 Å². The van der Waals surface area contributed by atoms with Crippen LogP contribution in [0.15, 0.2) is 67.0 Å². The second-order valence-corrected chi connectivity index (χ2v) is 9.49. The number of aryl methyl sites for hydroxylation is 1. The van der Waals surface area contributed by atoms with E-state index in [1.807, 2.05) is 30.3 Å². The van der Waals surface area contributed by atoms with Gasteiger partial charge in [0.1, 0.15) is 22.9 Å². The maximum Gasteiger partial charge on any atom is 0.407 e. The van der Waals surface area contributed by atoms with Crippen molar-refractivity contribution < 1.29 is 19.4 Å². The van der Waals surface area contributed by atoms with E-state index in [1.165, 1.54) is 10.9 Å². The molecule has 0 unspecified atom stereocenters. The van der Waals surface area contributed by atoms with Crippen molar-refractivity contribution in [1.82, 2.24) is 25.1 Å². The van der Waals surface area contributed by atoms with E-state index in [1.54, 1.807) is 58.2 Å². The summed E-state index contributed by atoms with van der Waals surface area (Å²) < 4.78 is 12.9. The van der Waals surface area contributed by atoms with Gasteiger partial charge in [-0.3, -0.25) is 0 Å².